The highest BCUT2D eigenvalue weighted by molar-refractivity contribution is 5.95. The molecule has 0 spiro atoms. The second-order valence-electron chi connectivity index (χ2n) is 8.55. The SMILES string of the molecule is COc1cc(C(=O)N2CCOC[C@@H](Cc3nccn4cccc34)C2)ccc1OCc1ccccn1. The van der Waals surface area contributed by atoms with E-state index in [0.717, 1.165) is 23.3 Å². The third kappa shape index (κ3) is 5.27. The second kappa shape index (κ2) is 10.6. The number of ether oxygens (including phenoxy) is 3. The molecule has 0 radical (unpaired) electrons. The standard InChI is InChI=1S/C27H28N4O4/c1-33-26-16-21(7-8-25(26)35-19-22-5-2-3-9-28-22)27(32)31-13-14-34-18-20(17-31)15-23-24-6-4-11-30(24)12-10-29-23/h2-12,16,20H,13-15,17-19H2,1H3/t20-/m0/s1. The quantitative estimate of drug-likeness (QED) is 0.409. The van der Waals surface area contributed by atoms with Gasteiger partial charge in [0.05, 0.1) is 37.2 Å². The average molecular weight is 473 g/mol. The Kier molecular flexibility index (Phi) is 6.90. The maximum atomic E-state index is 13.4. The number of aromatic nitrogens is 3. The van der Waals surface area contributed by atoms with Gasteiger partial charge in [0.25, 0.3) is 5.91 Å². The smallest absolute Gasteiger partial charge is 0.254 e. The predicted octanol–water partition coefficient (Wildman–Crippen LogP) is 3.65. The lowest BCUT2D eigenvalue weighted by Crippen LogP contribution is -2.36. The lowest BCUT2D eigenvalue weighted by Gasteiger charge is -2.24. The van der Waals surface area contributed by atoms with Crippen LogP contribution < -0.4 is 9.47 Å². The van der Waals surface area contributed by atoms with E-state index in [0.29, 0.717) is 50.0 Å². The molecule has 1 aromatic carbocycles. The van der Waals surface area contributed by atoms with E-state index in [2.05, 4.69) is 20.4 Å². The van der Waals surface area contributed by atoms with Crippen molar-refractivity contribution in [2.75, 3.05) is 33.4 Å². The van der Waals surface area contributed by atoms with Gasteiger partial charge >= 0.3 is 0 Å². The molecule has 0 saturated carbocycles. The Morgan fingerprint density at radius 2 is 2.03 bits per heavy atom. The van der Waals surface area contributed by atoms with Gasteiger partial charge < -0.3 is 23.5 Å². The fourth-order valence-electron chi connectivity index (χ4n) is 4.39. The van der Waals surface area contributed by atoms with Gasteiger partial charge in [0.15, 0.2) is 11.5 Å². The highest BCUT2D eigenvalue weighted by atomic mass is 16.5. The van der Waals surface area contributed by atoms with E-state index < -0.39 is 0 Å². The maximum absolute atomic E-state index is 13.4. The van der Waals surface area contributed by atoms with Crippen molar-refractivity contribution in [3.63, 3.8) is 0 Å². The molecule has 0 N–H and O–H groups in total. The first-order valence-electron chi connectivity index (χ1n) is 11.7. The first kappa shape index (κ1) is 22.9. The van der Waals surface area contributed by atoms with E-state index in [1.54, 1.807) is 31.5 Å². The molecule has 8 nitrogen and oxygen atoms in total. The Bertz CT molecular complexity index is 1290. The third-order valence-electron chi connectivity index (χ3n) is 6.15. The first-order valence-corrected chi connectivity index (χ1v) is 11.7. The van der Waals surface area contributed by atoms with Crippen molar-refractivity contribution in [2.45, 2.75) is 13.0 Å². The molecule has 0 unspecified atom stereocenters. The summed E-state index contributed by atoms with van der Waals surface area (Å²) in [5, 5.41) is 0. The molecule has 4 heterocycles. The van der Waals surface area contributed by atoms with E-state index in [1.807, 2.05) is 47.8 Å². The third-order valence-corrected chi connectivity index (χ3v) is 6.15. The fourth-order valence-corrected chi connectivity index (χ4v) is 4.39. The average Bonchev–Trinajstić information content (AvgIpc) is 3.27. The molecule has 3 aromatic heterocycles. The van der Waals surface area contributed by atoms with Crippen LogP contribution in [0.15, 0.2) is 73.3 Å². The number of carbonyl (C=O) groups excluding carboxylic acids is 1. The largest absolute Gasteiger partial charge is 0.493 e. The fraction of sp³-hybridized carbons (Fsp3) is 0.296. The van der Waals surface area contributed by atoms with Crippen molar-refractivity contribution in [2.24, 2.45) is 5.92 Å². The Hall–Kier alpha value is -3.91. The Morgan fingerprint density at radius 3 is 2.89 bits per heavy atom. The number of hydrogen-bond acceptors (Lipinski definition) is 6. The molecule has 1 aliphatic heterocycles. The van der Waals surface area contributed by atoms with E-state index in [-0.39, 0.29) is 11.8 Å². The topological polar surface area (TPSA) is 78.2 Å². The zero-order valence-electron chi connectivity index (χ0n) is 19.7. The van der Waals surface area contributed by atoms with Gasteiger partial charge in [0, 0.05) is 49.4 Å². The molecular weight excluding hydrogens is 444 g/mol. The van der Waals surface area contributed by atoms with Crippen LogP contribution in [0.2, 0.25) is 0 Å². The summed E-state index contributed by atoms with van der Waals surface area (Å²) in [5.74, 6) is 1.18. The van der Waals surface area contributed by atoms with Crippen molar-refractivity contribution >= 4 is 11.4 Å². The minimum atomic E-state index is -0.0519. The summed E-state index contributed by atoms with van der Waals surface area (Å²) < 4.78 is 19.3. The number of amides is 1. The minimum absolute atomic E-state index is 0.0519. The van der Waals surface area contributed by atoms with Crippen LogP contribution in [0.3, 0.4) is 0 Å². The van der Waals surface area contributed by atoms with Crippen molar-refractivity contribution in [1.29, 1.82) is 0 Å². The molecule has 5 rings (SSSR count). The summed E-state index contributed by atoms with van der Waals surface area (Å²) in [6.45, 7) is 2.56. The minimum Gasteiger partial charge on any atom is -0.493 e. The van der Waals surface area contributed by atoms with Crippen molar-refractivity contribution in [1.82, 2.24) is 19.3 Å². The highest BCUT2D eigenvalue weighted by Gasteiger charge is 2.25. The van der Waals surface area contributed by atoms with E-state index in [1.165, 1.54) is 0 Å². The molecule has 1 atom stereocenters. The number of fused-ring (bicyclic) bond motifs is 1. The zero-order valence-corrected chi connectivity index (χ0v) is 19.7. The van der Waals surface area contributed by atoms with Gasteiger partial charge in [0.2, 0.25) is 0 Å². The summed E-state index contributed by atoms with van der Waals surface area (Å²) in [6, 6.07) is 15.0. The van der Waals surface area contributed by atoms with Crippen LogP contribution in [0, 0.1) is 5.92 Å². The van der Waals surface area contributed by atoms with Crippen LogP contribution in [0.1, 0.15) is 21.7 Å². The molecule has 4 aromatic rings. The van der Waals surface area contributed by atoms with Crippen LogP contribution in [0.25, 0.3) is 5.52 Å². The van der Waals surface area contributed by atoms with Gasteiger partial charge in [-0.3, -0.25) is 14.8 Å². The number of rotatable bonds is 7. The molecule has 1 amide bonds. The molecule has 1 aliphatic rings. The van der Waals surface area contributed by atoms with Gasteiger partial charge in [-0.1, -0.05) is 6.07 Å². The number of pyridine rings is 1. The molecule has 180 valence electrons. The van der Waals surface area contributed by atoms with Crippen molar-refractivity contribution in [3.05, 3.63) is 90.3 Å². The summed E-state index contributed by atoms with van der Waals surface area (Å²) in [7, 11) is 1.57. The molecule has 1 fully saturated rings. The van der Waals surface area contributed by atoms with E-state index in [9.17, 15) is 4.79 Å². The molecule has 0 aliphatic carbocycles. The molecule has 1 saturated heterocycles. The molecular formula is C27H28N4O4. The van der Waals surface area contributed by atoms with Crippen LogP contribution in [0.5, 0.6) is 11.5 Å². The molecule has 35 heavy (non-hydrogen) atoms. The second-order valence-corrected chi connectivity index (χ2v) is 8.55. The first-order chi connectivity index (χ1) is 17.2. The predicted molar refractivity (Wildman–Crippen MR) is 131 cm³/mol. The maximum Gasteiger partial charge on any atom is 0.254 e. The van der Waals surface area contributed by atoms with Crippen LogP contribution in [-0.4, -0.2) is 58.6 Å². The summed E-state index contributed by atoms with van der Waals surface area (Å²) in [5.41, 5.74) is 3.47. The van der Waals surface area contributed by atoms with E-state index >= 15 is 0 Å². The number of methoxy groups -OCH3 is 1. The summed E-state index contributed by atoms with van der Waals surface area (Å²) in [6.07, 6.45) is 8.23. The van der Waals surface area contributed by atoms with Gasteiger partial charge in [0.1, 0.15) is 6.61 Å². The van der Waals surface area contributed by atoms with Gasteiger partial charge in [-0.15, -0.1) is 0 Å². The Labute approximate surface area is 204 Å². The Morgan fingerprint density at radius 1 is 1.09 bits per heavy atom. The van der Waals surface area contributed by atoms with Crippen molar-refractivity contribution < 1.29 is 19.0 Å². The van der Waals surface area contributed by atoms with E-state index in [4.69, 9.17) is 14.2 Å². The lowest BCUT2D eigenvalue weighted by molar-refractivity contribution is 0.0737. The van der Waals surface area contributed by atoms with Gasteiger partial charge in [-0.2, -0.15) is 0 Å². The highest BCUT2D eigenvalue weighted by Crippen LogP contribution is 2.29. The van der Waals surface area contributed by atoms with Crippen LogP contribution in [0.4, 0.5) is 0 Å². The number of carbonyl (C=O) groups is 1. The molecule has 0 bridgehead atoms. The number of nitrogens with zero attached hydrogens (tertiary/aromatic N) is 4. The zero-order chi connectivity index (χ0) is 24.0. The number of benzene rings is 1. The van der Waals surface area contributed by atoms with Crippen molar-refractivity contribution in [3.8, 4) is 11.5 Å². The lowest BCUT2D eigenvalue weighted by atomic mass is 10.0. The monoisotopic (exact) mass is 472 g/mol. The molecule has 8 heteroatoms. The van der Waals surface area contributed by atoms with Crippen LogP contribution >= 0.6 is 0 Å². The number of hydrogen-bond donors (Lipinski definition) is 0. The van der Waals surface area contributed by atoms with Gasteiger partial charge in [-0.25, -0.2) is 0 Å². The summed E-state index contributed by atoms with van der Waals surface area (Å²) >= 11 is 0. The van der Waals surface area contributed by atoms with Gasteiger partial charge in [-0.05, 0) is 48.9 Å². The summed E-state index contributed by atoms with van der Waals surface area (Å²) in [4.78, 5) is 24.1. The van der Waals surface area contributed by atoms with Crippen LogP contribution in [-0.2, 0) is 17.8 Å². The normalized spacial score (nSPS) is 16.1. The Balaban J connectivity index is 1.28.